The Morgan fingerprint density at radius 2 is 1.85 bits per heavy atom. The second-order valence-electron chi connectivity index (χ2n) is 7.94. The minimum atomic E-state index is -0.183. The zero-order valence-corrected chi connectivity index (χ0v) is 20.5. The van der Waals surface area contributed by atoms with Crippen LogP contribution in [0.2, 0.25) is 0 Å². The molecule has 0 atom stereocenters. The first-order chi connectivity index (χ1) is 16.0. The monoisotopic (exact) mass is 494 g/mol. The fourth-order valence-electron chi connectivity index (χ4n) is 3.88. The third-order valence-corrected chi connectivity index (χ3v) is 7.99. The molecular weight excluding hydrogens is 472 g/mol. The molecule has 0 saturated carbocycles. The summed E-state index contributed by atoms with van der Waals surface area (Å²) in [6, 6.07) is 13.6. The van der Waals surface area contributed by atoms with Gasteiger partial charge in [-0.3, -0.25) is 18.9 Å². The van der Waals surface area contributed by atoms with Crippen molar-refractivity contribution in [2.24, 2.45) is 0 Å². The molecule has 2 aliphatic heterocycles. The summed E-state index contributed by atoms with van der Waals surface area (Å²) in [7, 11) is 0. The number of thioether (sulfide) groups is 2. The molecule has 2 fully saturated rings. The molecular formula is C24H22N4O2S3. The van der Waals surface area contributed by atoms with Crippen LogP contribution < -0.4 is 10.5 Å². The van der Waals surface area contributed by atoms with Crippen molar-refractivity contribution in [3.8, 4) is 0 Å². The van der Waals surface area contributed by atoms with Crippen molar-refractivity contribution in [2.45, 2.75) is 13.5 Å². The first-order valence-corrected chi connectivity index (χ1v) is 13.0. The van der Waals surface area contributed by atoms with Crippen LogP contribution in [0.4, 0.5) is 5.82 Å². The van der Waals surface area contributed by atoms with E-state index in [-0.39, 0.29) is 11.5 Å². The van der Waals surface area contributed by atoms with Gasteiger partial charge in [0.2, 0.25) is 0 Å². The van der Waals surface area contributed by atoms with Gasteiger partial charge in [-0.2, -0.15) is 11.8 Å². The molecule has 0 aliphatic carbocycles. The molecule has 5 rings (SSSR count). The lowest BCUT2D eigenvalue weighted by atomic mass is 10.1. The number of fused-ring (bicyclic) bond motifs is 1. The van der Waals surface area contributed by atoms with E-state index >= 15 is 0 Å². The van der Waals surface area contributed by atoms with Crippen LogP contribution in [0.3, 0.4) is 0 Å². The highest BCUT2D eigenvalue weighted by Crippen LogP contribution is 2.34. The number of benzene rings is 1. The maximum Gasteiger partial charge on any atom is 0.267 e. The third kappa shape index (κ3) is 4.45. The Morgan fingerprint density at radius 3 is 2.61 bits per heavy atom. The van der Waals surface area contributed by atoms with Gasteiger partial charge in [0.1, 0.15) is 15.8 Å². The van der Waals surface area contributed by atoms with Gasteiger partial charge in [-0.05, 0) is 30.7 Å². The van der Waals surface area contributed by atoms with Gasteiger partial charge in [0.05, 0.1) is 17.0 Å². The molecule has 168 valence electrons. The summed E-state index contributed by atoms with van der Waals surface area (Å²) in [6.07, 6.45) is 3.39. The number of aryl methyl sites for hydroxylation is 1. The molecule has 0 spiro atoms. The van der Waals surface area contributed by atoms with Crippen molar-refractivity contribution in [3.63, 3.8) is 0 Å². The molecule has 4 heterocycles. The summed E-state index contributed by atoms with van der Waals surface area (Å²) in [6.45, 7) is 4.07. The number of hydrogen-bond acceptors (Lipinski definition) is 7. The minimum absolute atomic E-state index is 0.178. The molecule has 0 bridgehead atoms. The van der Waals surface area contributed by atoms with Gasteiger partial charge in [-0.15, -0.1) is 0 Å². The van der Waals surface area contributed by atoms with Gasteiger partial charge in [0, 0.05) is 30.8 Å². The standard InChI is InChI=1S/C24H22N4O2S3/c1-16-5-7-17(8-6-16)15-28-23(30)19(33-24(28)31)14-18-21(26-10-12-32-13-11-26)25-20-4-2-3-9-27(20)22(18)29/h2-9,14H,10-13,15H2,1H3. The fraction of sp³-hybridized carbons (Fsp3) is 0.250. The lowest BCUT2D eigenvalue weighted by Gasteiger charge is -2.28. The topological polar surface area (TPSA) is 57.9 Å². The molecule has 3 aromatic rings. The van der Waals surface area contributed by atoms with E-state index in [1.54, 1.807) is 23.2 Å². The summed E-state index contributed by atoms with van der Waals surface area (Å²) in [5.41, 5.74) is 3.02. The highest BCUT2D eigenvalue weighted by Gasteiger charge is 2.33. The molecule has 0 unspecified atom stereocenters. The molecule has 1 amide bonds. The van der Waals surface area contributed by atoms with Crippen LogP contribution in [0.5, 0.6) is 0 Å². The quantitative estimate of drug-likeness (QED) is 0.402. The molecule has 2 saturated heterocycles. The maximum atomic E-state index is 13.5. The first-order valence-electron chi connectivity index (χ1n) is 10.7. The summed E-state index contributed by atoms with van der Waals surface area (Å²) < 4.78 is 2.03. The van der Waals surface area contributed by atoms with Crippen LogP contribution in [0, 0.1) is 6.92 Å². The molecule has 2 aromatic heterocycles. The number of rotatable bonds is 4. The molecule has 0 radical (unpaired) electrons. The normalized spacial score (nSPS) is 18.0. The Hall–Kier alpha value is -2.62. The number of hydrogen-bond donors (Lipinski definition) is 0. The van der Waals surface area contributed by atoms with Crippen molar-refractivity contribution in [1.82, 2.24) is 14.3 Å². The van der Waals surface area contributed by atoms with Crippen molar-refractivity contribution >= 4 is 63.5 Å². The van der Waals surface area contributed by atoms with Crippen LogP contribution >= 0.6 is 35.7 Å². The Balaban J connectivity index is 1.54. The van der Waals surface area contributed by atoms with Gasteiger partial charge in [-0.25, -0.2) is 4.98 Å². The van der Waals surface area contributed by atoms with Crippen LogP contribution in [-0.4, -0.2) is 49.1 Å². The van der Waals surface area contributed by atoms with Gasteiger partial charge in [0.25, 0.3) is 11.5 Å². The van der Waals surface area contributed by atoms with Crippen molar-refractivity contribution in [3.05, 3.63) is 80.6 Å². The summed E-state index contributed by atoms with van der Waals surface area (Å²) in [5.74, 6) is 2.42. The number of carbonyl (C=O) groups is 1. The largest absolute Gasteiger partial charge is 0.354 e. The number of amides is 1. The molecule has 1 aromatic carbocycles. The maximum absolute atomic E-state index is 13.5. The van der Waals surface area contributed by atoms with Gasteiger partial charge < -0.3 is 4.90 Å². The highest BCUT2D eigenvalue weighted by molar-refractivity contribution is 8.26. The number of nitrogens with zero attached hydrogens (tertiary/aromatic N) is 4. The molecule has 33 heavy (non-hydrogen) atoms. The number of pyridine rings is 1. The summed E-state index contributed by atoms with van der Waals surface area (Å²) in [5, 5.41) is 0. The minimum Gasteiger partial charge on any atom is -0.354 e. The predicted molar refractivity (Wildman–Crippen MR) is 141 cm³/mol. The number of anilines is 1. The smallest absolute Gasteiger partial charge is 0.267 e. The predicted octanol–water partition coefficient (Wildman–Crippen LogP) is 3.96. The van der Waals surface area contributed by atoms with Crippen LogP contribution in [0.1, 0.15) is 16.7 Å². The Kier molecular flexibility index (Phi) is 6.27. The molecule has 2 aliphatic rings. The van der Waals surface area contributed by atoms with E-state index in [1.165, 1.54) is 16.2 Å². The zero-order valence-electron chi connectivity index (χ0n) is 18.1. The van der Waals surface area contributed by atoms with E-state index < -0.39 is 0 Å². The van der Waals surface area contributed by atoms with E-state index in [0.29, 0.717) is 32.8 Å². The number of thiocarbonyl (C=S) groups is 1. The second-order valence-corrected chi connectivity index (χ2v) is 10.8. The average molecular weight is 495 g/mol. The van der Waals surface area contributed by atoms with Gasteiger partial charge >= 0.3 is 0 Å². The van der Waals surface area contributed by atoms with E-state index in [0.717, 1.165) is 35.7 Å². The lowest BCUT2D eigenvalue weighted by molar-refractivity contribution is -0.122. The van der Waals surface area contributed by atoms with E-state index in [9.17, 15) is 9.59 Å². The fourth-order valence-corrected chi connectivity index (χ4v) is 6.02. The summed E-state index contributed by atoms with van der Waals surface area (Å²) in [4.78, 5) is 35.7. The molecule has 0 N–H and O–H groups in total. The number of aromatic nitrogens is 2. The van der Waals surface area contributed by atoms with Crippen molar-refractivity contribution in [1.29, 1.82) is 0 Å². The summed E-state index contributed by atoms with van der Waals surface area (Å²) >= 11 is 8.65. The van der Waals surface area contributed by atoms with Crippen LogP contribution in [0.25, 0.3) is 11.7 Å². The van der Waals surface area contributed by atoms with E-state index in [4.69, 9.17) is 17.2 Å². The Labute approximate surface area is 205 Å². The van der Waals surface area contributed by atoms with Gasteiger partial charge in [-0.1, -0.05) is 59.9 Å². The second kappa shape index (κ2) is 9.32. The molecule has 6 nitrogen and oxygen atoms in total. The van der Waals surface area contributed by atoms with E-state index in [2.05, 4.69) is 4.90 Å². The average Bonchev–Trinajstić information content (AvgIpc) is 3.10. The third-order valence-electron chi connectivity index (χ3n) is 5.67. The van der Waals surface area contributed by atoms with E-state index in [1.807, 2.05) is 55.1 Å². The highest BCUT2D eigenvalue weighted by atomic mass is 32.2. The lowest BCUT2D eigenvalue weighted by Crippen LogP contribution is -2.35. The van der Waals surface area contributed by atoms with Crippen LogP contribution in [0.15, 0.2) is 58.4 Å². The zero-order chi connectivity index (χ0) is 22.9. The van der Waals surface area contributed by atoms with Crippen LogP contribution in [-0.2, 0) is 11.3 Å². The number of carbonyl (C=O) groups excluding carboxylic acids is 1. The first kappa shape index (κ1) is 22.2. The SMILES string of the molecule is Cc1ccc(CN2C(=O)C(=Cc3c(N4CCSCC4)nc4ccccn4c3=O)SC2=S)cc1. The van der Waals surface area contributed by atoms with Gasteiger partial charge in [0.15, 0.2) is 0 Å². The van der Waals surface area contributed by atoms with Crippen molar-refractivity contribution < 1.29 is 4.79 Å². The van der Waals surface area contributed by atoms with Crippen molar-refractivity contribution in [2.75, 3.05) is 29.5 Å². The Bertz CT molecular complexity index is 1330. The Morgan fingerprint density at radius 1 is 1.09 bits per heavy atom. The molecule has 9 heteroatoms.